The predicted molar refractivity (Wildman–Crippen MR) is 113 cm³/mol. The highest BCUT2D eigenvalue weighted by Crippen LogP contribution is 2.80. The van der Waals surface area contributed by atoms with Crippen LogP contribution >= 0.6 is 0 Å². The molecule has 0 amide bonds. The Balaban J connectivity index is 1.36. The van der Waals surface area contributed by atoms with Gasteiger partial charge >= 0.3 is 6.18 Å². The molecule has 1 N–H and O–H groups in total. The van der Waals surface area contributed by atoms with E-state index in [1.807, 2.05) is 0 Å². The summed E-state index contributed by atoms with van der Waals surface area (Å²) in [5.74, 6) is -6.15. The largest absolute Gasteiger partial charge is 0.411 e. The minimum absolute atomic E-state index is 0.00233. The van der Waals surface area contributed by atoms with Crippen LogP contribution in [0, 0.1) is 17.0 Å². The van der Waals surface area contributed by atoms with Crippen molar-refractivity contribution in [2.24, 2.45) is 5.41 Å². The van der Waals surface area contributed by atoms with E-state index in [9.17, 15) is 27.1 Å². The van der Waals surface area contributed by atoms with Gasteiger partial charge in [-0.15, -0.1) is 5.10 Å². The van der Waals surface area contributed by atoms with Crippen LogP contribution in [0.4, 0.5) is 30.7 Å². The number of aliphatic hydroxyl groups is 1. The Hall–Kier alpha value is -3.06. The Morgan fingerprint density at radius 2 is 1.65 bits per heavy atom. The zero-order valence-corrected chi connectivity index (χ0v) is 19.2. The van der Waals surface area contributed by atoms with Gasteiger partial charge < -0.3 is 9.84 Å². The van der Waals surface area contributed by atoms with Crippen molar-refractivity contribution in [2.75, 3.05) is 6.61 Å². The van der Waals surface area contributed by atoms with Crippen molar-refractivity contribution >= 4 is 0 Å². The van der Waals surface area contributed by atoms with E-state index in [0.29, 0.717) is 11.6 Å². The van der Waals surface area contributed by atoms with Crippen LogP contribution in [0.5, 0.6) is 0 Å². The summed E-state index contributed by atoms with van der Waals surface area (Å²) in [6.07, 6.45) is -3.44. The topological polar surface area (TPSA) is 73.1 Å². The molecule has 2 aromatic carbocycles. The maximum absolute atomic E-state index is 16.2. The highest BCUT2D eigenvalue weighted by atomic mass is 19.4. The molecule has 1 aromatic heterocycles. The van der Waals surface area contributed by atoms with Gasteiger partial charge in [0.05, 0.1) is 13.2 Å². The molecular formula is C24H21F7N4O2. The monoisotopic (exact) mass is 530 g/mol. The molecule has 1 unspecified atom stereocenters. The predicted octanol–water partition coefficient (Wildman–Crippen LogP) is 4.68. The second-order valence-corrected chi connectivity index (χ2v) is 9.96. The summed E-state index contributed by atoms with van der Waals surface area (Å²) in [4.78, 5) is 0. The third-order valence-electron chi connectivity index (χ3n) is 7.48. The van der Waals surface area contributed by atoms with Crippen molar-refractivity contribution in [2.45, 2.75) is 55.5 Å². The minimum Gasteiger partial charge on any atom is -0.377 e. The first-order valence-electron chi connectivity index (χ1n) is 11.3. The Labute approximate surface area is 206 Å². The number of nitrogens with zero attached hydrogens (tertiary/aromatic N) is 4. The van der Waals surface area contributed by atoms with Crippen LogP contribution in [-0.4, -0.2) is 44.0 Å². The summed E-state index contributed by atoms with van der Waals surface area (Å²) in [5, 5.41) is 21.7. The summed E-state index contributed by atoms with van der Waals surface area (Å²) in [6, 6.07) is 8.52. The summed E-state index contributed by atoms with van der Waals surface area (Å²) >= 11 is 0. The molecule has 3 aliphatic rings. The van der Waals surface area contributed by atoms with Crippen molar-refractivity contribution in [1.29, 1.82) is 0 Å². The van der Waals surface area contributed by atoms with E-state index in [0.717, 1.165) is 28.7 Å². The van der Waals surface area contributed by atoms with E-state index in [4.69, 9.17) is 0 Å². The maximum atomic E-state index is 16.2. The second-order valence-electron chi connectivity index (χ2n) is 9.96. The third kappa shape index (κ3) is 4.17. The van der Waals surface area contributed by atoms with Gasteiger partial charge in [-0.25, -0.2) is 22.2 Å². The molecule has 2 bridgehead atoms. The fourth-order valence-corrected chi connectivity index (χ4v) is 5.77. The minimum atomic E-state index is -4.44. The van der Waals surface area contributed by atoms with Crippen LogP contribution in [0.25, 0.3) is 0 Å². The van der Waals surface area contributed by atoms with E-state index >= 15 is 8.78 Å². The molecule has 37 heavy (non-hydrogen) atoms. The number of hydrogen-bond acceptors (Lipinski definition) is 5. The van der Waals surface area contributed by atoms with Gasteiger partial charge in [0.1, 0.15) is 24.6 Å². The molecule has 3 saturated carbocycles. The van der Waals surface area contributed by atoms with E-state index in [1.165, 1.54) is 0 Å². The molecule has 3 aliphatic carbocycles. The molecule has 0 spiro atoms. The first-order valence-corrected chi connectivity index (χ1v) is 11.3. The molecule has 3 fully saturated rings. The lowest BCUT2D eigenvalue weighted by Gasteiger charge is -2.74. The Morgan fingerprint density at radius 3 is 2.22 bits per heavy atom. The molecule has 6 nitrogen and oxygen atoms in total. The number of halogens is 7. The Bertz CT molecular complexity index is 1260. The van der Waals surface area contributed by atoms with E-state index < -0.39 is 58.9 Å². The lowest BCUT2D eigenvalue weighted by atomic mass is 9.30. The van der Waals surface area contributed by atoms with E-state index in [1.54, 1.807) is 24.3 Å². The lowest BCUT2D eigenvalue weighted by molar-refractivity contribution is -0.347. The normalized spacial score (nSPS) is 24.8. The Morgan fingerprint density at radius 1 is 0.973 bits per heavy atom. The number of ether oxygens (including phenoxy) is 1. The first-order chi connectivity index (χ1) is 17.3. The van der Waals surface area contributed by atoms with Crippen LogP contribution in [0.3, 0.4) is 0 Å². The second kappa shape index (κ2) is 8.48. The van der Waals surface area contributed by atoms with E-state index in [-0.39, 0.29) is 25.9 Å². The third-order valence-corrected chi connectivity index (χ3v) is 7.48. The highest BCUT2D eigenvalue weighted by molar-refractivity contribution is 5.43. The summed E-state index contributed by atoms with van der Waals surface area (Å²) < 4.78 is 103. The number of hydrogen-bond donors (Lipinski definition) is 1. The molecule has 0 saturated heterocycles. The zero-order chi connectivity index (χ0) is 26.7. The van der Waals surface area contributed by atoms with Crippen LogP contribution in [0.1, 0.15) is 36.0 Å². The first kappa shape index (κ1) is 25.6. The molecule has 1 atom stereocenters. The van der Waals surface area contributed by atoms with Crippen molar-refractivity contribution in [3.05, 3.63) is 77.1 Å². The summed E-state index contributed by atoms with van der Waals surface area (Å²) in [5.41, 5.74) is -4.84. The molecule has 13 heteroatoms. The number of benzene rings is 2. The number of tetrazole rings is 1. The van der Waals surface area contributed by atoms with Gasteiger partial charge in [0.2, 0.25) is 0 Å². The lowest BCUT2D eigenvalue weighted by Crippen LogP contribution is -2.76. The molecule has 198 valence electrons. The quantitative estimate of drug-likeness (QED) is 0.407. The van der Waals surface area contributed by atoms with Gasteiger partial charge in [-0.1, -0.05) is 24.3 Å². The van der Waals surface area contributed by atoms with Crippen molar-refractivity contribution in [3.8, 4) is 0 Å². The van der Waals surface area contributed by atoms with Gasteiger partial charge in [0, 0.05) is 17.0 Å². The van der Waals surface area contributed by atoms with Crippen LogP contribution in [0.2, 0.25) is 0 Å². The van der Waals surface area contributed by atoms with Crippen LogP contribution in [0.15, 0.2) is 48.8 Å². The number of rotatable bonds is 9. The fourth-order valence-electron chi connectivity index (χ4n) is 5.77. The molecule has 3 aromatic rings. The average molecular weight is 530 g/mol. The average Bonchev–Trinajstić information content (AvgIpc) is 3.24. The van der Waals surface area contributed by atoms with Gasteiger partial charge in [-0.2, -0.15) is 13.2 Å². The van der Waals surface area contributed by atoms with Crippen molar-refractivity contribution < 1.29 is 40.6 Å². The zero-order valence-electron chi connectivity index (χ0n) is 19.2. The van der Waals surface area contributed by atoms with Gasteiger partial charge in [-0.05, 0) is 58.4 Å². The molecular weight excluding hydrogens is 509 g/mol. The molecule has 6 rings (SSSR count). The van der Waals surface area contributed by atoms with Crippen LogP contribution in [-0.2, 0) is 28.9 Å². The summed E-state index contributed by atoms with van der Waals surface area (Å²) in [6.45, 7) is -2.49. The standard InChI is InChI=1S/C24H21F7N4O2/c25-17-5-6-18(19(26)7-17)22(36,12-35-14-32-33-34-35)24(30,31)21-9-20(10-21,11-21)16-3-1-15(2-4-16)8-37-13-23(27,28)29/h1-7,14,36H,8-13H2. The van der Waals surface area contributed by atoms with Gasteiger partial charge in [0.15, 0.2) is 5.60 Å². The van der Waals surface area contributed by atoms with E-state index in [2.05, 4.69) is 20.3 Å². The number of alkyl halides is 5. The van der Waals surface area contributed by atoms with Gasteiger partial charge in [-0.3, -0.25) is 0 Å². The molecule has 1 heterocycles. The van der Waals surface area contributed by atoms with Crippen molar-refractivity contribution in [3.63, 3.8) is 0 Å². The smallest absolute Gasteiger partial charge is 0.377 e. The van der Waals surface area contributed by atoms with Crippen molar-refractivity contribution in [1.82, 2.24) is 20.2 Å². The summed E-state index contributed by atoms with van der Waals surface area (Å²) in [7, 11) is 0. The molecule has 0 aliphatic heterocycles. The van der Waals surface area contributed by atoms with Gasteiger partial charge in [0.25, 0.3) is 5.92 Å². The Kier molecular flexibility index (Phi) is 5.87. The fraction of sp³-hybridized carbons (Fsp3) is 0.458. The highest BCUT2D eigenvalue weighted by Gasteiger charge is 2.82. The molecule has 0 radical (unpaired) electrons. The SMILES string of the molecule is OC(Cn1cnnn1)(c1ccc(F)cc1F)C(F)(F)C12CC(c3ccc(COCC(F)(F)F)cc3)(C1)C2. The maximum Gasteiger partial charge on any atom is 0.411 e. The number of aromatic nitrogens is 4. The van der Waals surface area contributed by atoms with Crippen LogP contribution < -0.4 is 0 Å².